The molecule has 0 fully saturated rings. The number of aromatic amines is 1. The molecule has 0 bridgehead atoms. The lowest BCUT2D eigenvalue weighted by atomic mass is 10.2. The Hall–Kier alpha value is -1.62. The average Bonchev–Trinajstić information content (AvgIpc) is 2.69. The fraction of sp³-hybridized carbons (Fsp3) is 0.100. The third kappa shape index (κ3) is 2.07. The van der Waals surface area contributed by atoms with Crippen molar-refractivity contribution >= 4 is 9.84 Å². The predicted molar refractivity (Wildman–Crippen MR) is 57.1 cm³/mol. The summed E-state index contributed by atoms with van der Waals surface area (Å²) in [5.41, 5.74) is 1.53. The number of nitrogens with zero attached hydrogens (tertiary/aromatic N) is 1. The minimum absolute atomic E-state index is 0.308. The first-order valence-corrected chi connectivity index (χ1v) is 6.27. The molecule has 0 amide bonds. The maximum Gasteiger partial charge on any atom is 0.175 e. The van der Waals surface area contributed by atoms with E-state index < -0.39 is 9.84 Å². The van der Waals surface area contributed by atoms with Gasteiger partial charge in [0.2, 0.25) is 0 Å². The highest BCUT2D eigenvalue weighted by atomic mass is 32.2. The van der Waals surface area contributed by atoms with Crippen LogP contribution in [0.25, 0.3) is 11.3 Å². The van der Waals surface area contributed by atoms with Gasteiger partial charge in [-0.05, 0) is 18.2 Å². The lowest BCUT2D eigenvalue weighted by Crippen LogP contribution is -1.96. The van der Waals surface area contributed by atoms with E-state index in [0.29, 0.717) is 4.90 Å². The average molecular weight is 222 g/mol. The van der Waals surface area contributed by atoms with Gasteiger partial charge in [0.1, 0.15) is 0 Å². The molecule has 1 aromatic carbocycles. The summed E-state index contributed by atoms with van der Waals surface area (Å²) in [5, 5.41) is 6.68. The third-order valence-electron chi connectivity index (χ3n) is 2.06. The van der Waals surface area contributed by atoms with E-state index >= 15 is 0 Å². The quantitative estimate of drug-likeness (QED) is 0.837. The van der Waals surface area contributed by atoms with E-state index in [-0.39, 0.29) is 0 Å². The van der Waals surface area contributed by atoms with Crippen molar-refractivity contribution in [2.45, 2.75) is 4.90 Å². The Kier molecular flexibility index (Phi) is 2.32. The molecule has 0 spiro atoms. The highest BCUT2D eigenvalue weighted by molar-refractivity contribution is 7.90. The van der Waals surface area contributed by atoms with Crippen LogP contribution in [-0.4, -0.2) is 24.9 Å². The van der Waals surface area contributed by atoms with Crippen molar-refractivity contribution in [3.8, 4) is 11.3 Å². The van der Waals surface area contributed by atoms with E-state index in [2.05, 4.69) is 10.2 Å². The zero-order valence-corrected chi connectivity index (χ0v) is 8.95. The molecule has 0 saturated carbocycles. The van der Waals surface area contributed by atoms with E-state index in [1.807, 2.05) is 6.07 Å². The number of sulfone groups is 1. The van der Waals surface area contributed by atoms with Crippen LogP contribution in [0.4, 0.5) is 0 Å². The molecule has 1 N–H and O–H groups in total. The fourth-order valence-electron chi connectivity index (χ4n) is 1.31. The maximum absolute atomic E-state index is 11.3. The summed E-state index contributed by atoms with van der Waals surface area (Å²) < 4.78 is 22.7. The normalized spacial score (nSPS) is 11.5. The van der Waals surface area contributed by atoms with Crippen LogP contribution in [0.5, 0.6) is 0 Å². The molecule has 1 aromatic heterocycles. The third-order valence-corrected chi connectivity index (χ3v) is 3.17. The van der Waals surface area contributed by atoms with Gasteiger partial charge >= 0.3 is 0 Å². The summed E-state index contributed by atoms with van der Waals surface area (Å²) in [6.45, 7) is 0. The zero-order chi connectivity index (χ0) is 10.9. The van der Waals surface area contributed by atoms with Gasteiger partial charge in [-0.25, -0.2) is 8.42 Å². The molecule has 5 heteroatoms. The summed E-state index contributed by atoms with van der Waals surface area (Å²) in [7, 11) is -3.15. The number of hydrogen-bond donors (Lipinski definition) is 1. The molecule has 0 unspecified atom stereocenters. The summed E-state index contributed by atoms with van der Waals surface area (Å²) >= 11 is 0. The van der Waals surface area contributed by atoms with Crippen LogP contribution in [0.2, 0.25) is 0 Å². The van der Waals surface area contributed by atoms with Crippen molar-refractivity contribution in [2.75, 3.05) is 6.26 Å². The molecule has 15 heavy (non-hydrogen) atoms. The van der Waals surface area contributed by atoms with Crippen LogP contribution in [0, 0.1) is 0 Å². The van der Waals surface area contributed by atoms with Crippen molar-refractivity contribution in [1.82, 2.24) is 10.2 Å². The largest absolute Gasteiger partial charge is 0.285 e. The number of rotatable bonds is 2. The maximum atomic E-state index is 11.3. The van der Waals surface area contributed by atoms with Gasteiger partial charge in [0.15, 0.2) is 9.84 Å². The molecule has 0 aliphatic rings. The second-order valence-electron chi connectivity index (χ2n) is 3.26. The lowest BCUT2D eigenvalue weighted by Gasteiger charge is -2.00. The Labute approximate surface area is 87.9 Å². The molecule has 1 heterocycles. The van der Waals surface area contributed by atoms with Crippen LogP contribution >= 0.6 is 0 Å². The Morgan fingerprint density at radius 1 is 1.27 bits per heavy atom. The molecule has 0 aliphatic carbocycles. The van der Waals surface area contributed by atoms with Crippen LogP contribution in [0.3, 0.4) is 0 Å². The highest BCUT2D eigenvalue weighted by Crippen LogP contribution is 2.19. The minimum Gasteiger partial charge on any atom is -0.285 e. The second kappa shape index (κ2) is 3.51. The second-order valence-corrected chi connectivity index (χ2v) is 5.28. The number of benzene rings is 1. The molecule has 0 atom stereocenters. The van der Waals surface area contributed by atoms with Crippen LogP contribution in [0.15, 0.2) is 41.4 Å². The Balaban J connectivity index is 2.53. The molecule has 0 aliphatic heterocycles. The van der Waals surface area contributed by atoms with E-state index in [4.69, 9.17) is 0 Å². The smallest absolute Gasteiger partial charge is 0.175 e. The van der Waals surface area contributed by atoms with Crippen molar-refractivity contribution in [2.24, 2.45) is 0 Å². The molecule has 4 nitrogen and oxygen atoms in total. The highest BCUT2D eigenvalue weighted by Gasteiger charge is 2.08. The summed E-state index contributed by atoms with van der Waals surface area (Å²) in [5.74, 6) is 0. The number of aromatic nitrogens is 2. The van der Waals surface area contributed by atoms with Gasteiger partial charge in [-0.2, -0.15) is 5.10 Å². The molecule has 78 valence electrons. The molecule has 2 rings (SSSR count). The van der Waals surface area contributed by atoms with Crippen molar-refractivity contribution in [3.05, 3.63) is 36.5 Å². The summed E-state index contributed by atoms with van der Waals surface area (Å²) in [6.07, 6.45) is 2.89. The van der Waals surface area contributed by atoms with Gasteiger partial charge in [-0.3, -0.25) is 5.10 Å². The molecular formula is C10H10N2O2S. The first-order chi connectivity index (χ1) is 7.07. The first-order valence-electron chi connectivity index (χ1n) is 4.37. The number of H-pyrrole nitrogens is 1. The lowest BCUT2D eigenvalue weighted by molar-refractivity contribution is 0.602. The van der Waals surface area contributed by atoms with Crippen molar-refractivity contribution in [3.63, 3.8) is 0 Å². The number of hydrogen-bond acceptors (Lipinski definition) is 3. The van der Waals surface area contributed by atoms with Gasteiger partial charge < -0.3 is 0 Å². The zero-order valence-electron chi connectivity index (χ0n) is 8.14. The fourth-order valence-corrected chi connectivity index (χ4v) is 1.97. The van der Waals surface area contributed by atoms with Crippen LogP contribution < -0.4 is 0 Å². The van der Waals surface area contributed by atoms with E-state index in [1.54, 1.807) is 30.5 Å². The first kappa shape index (κ1) is 9.92. The summed E-state index contributed by atoms with van der Waals surface area (Å²) in [6, 6.07) is 8.52. The Morgan fingerprint density at radius 3 is 2.67 bits per heavy atom. The standard InChI is InChI=1S/C10H10N2O2S/c1-15(13,14)9-4-2-3-8(7-9)10-5-6-11-12-10/h2-7H,1H3,(H,11,12). The van der Waals surface area contributed by atoms with Crippen LogP contribution in [0.1, 0.15) is 0 Å². The van der Waals surface area contributed by atoms with Crippen molar-refractivity contribution in [1.29, 1.82) is 0 Å². The Bertz CT molecular complexity index is 559. The van der Waals surface area contributed by atoms with Crippen LogP contribution in [-0.2, 0) is 9.84 Å². The van der Waals surface area contributed by atoms with Gasteiger partial charge in [0.05, 0.1) is 10.6 Å². The topological polar surface area (TPSA) is 62.8 Å². The van der Waals surface area contributed by atoms with Gasteiger partial charge in [0.25, 0.3) is 0 Å². The monoisotopic (exact) mass is 222 g/mol. The van der Waals surface area contributed by atoms with Crippen molar-refractivity contribution < 1.29 is 8.42 Å². The minimum atomic E-state index is -3.15. The molecular weight excluding hydrogens is 212 g/mol. The van der Waals surface area contributed by atoms with Gasteiger partial charge in [-0.1, -0.05) is 12.1 Å². The molecule has 0 saturated heterocycles. The summed E-state index contributed by atoms with van der Waals surface area (Å²) in [4.78, 5) is 0.308. The predicted octanol–water partition coefficient (Wildman–Crippen LogP) is 1.48. The SMILES string of the molecule is CS(=O)(=O)c1cccc(-c2cc[nH]n2)c1. The Morgan fingerprint density at radius 2 is 2.07 bits per heavy atom. The van der Waals surface area contributed by atoms with E-state index in [1.165, 1.54) is 6.26 Å². The van der Waals surface area contributed by atoms with Gasteiger partial charge in [-0.15, -0.1) is 0 Å². The van der Waals surface area contributed by atoms with Gasteiger partial charge in [0, 0.05) is 18.0 Å². The number of nitrogens with one attached hydrogen (secondary N) is 1. The van der Waals surface area contributed by atoms with E-state index in [0.717, 1.165) is 11.3 Å². The molecule has 0 radical (unpaired) electrons. The molecule has 2 aromatic rings. The van der Waals surface area contributed by atoms with E-state index in [9.17, 15) is 8.42 Å².